The van der Waals surface area contributed by atoms with Gasteiger partial charge in [-0.1, -0.05) is 17.7 Å². The highest BCUT2D eigenvalue weighted by Gasteiger charge is 2.15. The average molecular weight is 271 g/mol. The van der Waals surface area contributed by atoms with E-state index in [1.807, 2.05) is 24.3 Å². The van der Waals surface area contributed by atoms with Gasteiger partial charge in [-0.05, 0) is 43.3 Å². The van der Waals surface area contributed by atoms with E-state index < -0.39 is 0 Å². The third kappa shape index (κ3) is 4.15. The maximum absolute atomic E-state index is 5.89. The predicted octanol–water partition coefficient (Wildman–Crippen LogP) is 2.81. The van der Waals surface area contributed by atoms with E-state index in [1.54, 1.807) is 0 Å². The Labute approximate surface area is 111 Å². The molecule has 1 aromatic rings. The van der Waals surface area contributed by atoms with Gasteiger partial charge < -0.3 is 15.4 Å². The molecule has 3 nitrogen and oxygen atoms in total. The number of nitrogens with one attached hydrogen (secondary N) is 2. The van der Waals surface area contributed by atoms with Crippen LogP contribution >= 0.6 is 23.8 Å². The lowest BCUT2D eigenvalue weighted by atomic mass is 10.2. The third-order valence-corrected chi connectivity index (χ3v) is 3.08. The summed E-state index contributed by atoms with van der Waals surface area (Å²) in [6, 6.07) is 7.47. The molecular formula is C12H15ClN2OS. The summed E-state index contributed by atoms with van der Waals surface area (Å²) in [5, 5.41) is 7.52. The second-order valence-electron chi connectivity index (χ2n) is 3.98. The van der Waals surface area contributed by atoms with Gasteiger partial charge >= 0.3 is 0 Å². The van der Waals surface area contributed by atoms with Gasteiger partial charge in [0.05, 0.1) is 6.10 Å². The van der Waals surface area contributed by atoms with E-state index >= 15 is 0 Å². The minimum Gasteiger partial charge on any atom is -0.376 e. The minimum absolute atomic E-state index is 0.286. The van der Waals surface area contributed by atoms with Gasteiger partial charge in [-0.2, -0.15) is 0 Å². The Kier molecular flexibility index (Phi) is 4.59. The summed E-state index contributed by atoms with van der Waals surface area (Å²) in [6.45, 7) is 1.62. The van der Waals surface area contributed by atoms with E-state index in [-0.39, 0.29) is 6.10 Å². The predicted molar refractivity (Wildman–Crippen MR) is 74.6 cm³/mol. The van der Waals surface area contributed by atoms with E-state index in [1.165, 1.54) is 0 Å². The highest BCUT2D eigenvalue weighted by atomic mass is 35.5. The fourth-order valence-corrected chi connectivity index (χ4v) is 2.14. The van der Waals surface area contributed by atoms with Crippen molar-refractivity contribution in [3.8, 4) is 0 Å². The van der Waals surface area contributed by atoms with Crippen LogP contribution in [-0.4, -0.2) is 24.4 Å². The fraction of sp³-hybridized carbons (Fsp3) is 0.417. The summed E-state index contributed by atoms with van der Waals surface area (Å²) in [5.41, 5.74) is 0.891. The number of rotatable bonds is 3. The van der Waals surface area contributed by atoms with Crippen molar-refractivity contribution in [3.05, 3.63) is 29.3 Å². The molecule has 0 radical (unpaired) electrons. The first-order valence-corrected chi connectivity index (χ1v) is 6.45. The van der Waals surface area contributed by atoms with Gasteiger partial charge in [-0.15, -0.1) is 0 Å². The minimum atomic E-state index is 0.286. The second-order valence-corrected chi connectivity index (χ2v) is 4.83. The molecule has 2 rings (SSSR count). The first-order valence-electron chi connectivity index (χ1n) is 5.66. The van der Waals surface area contributed by atoms with Crippen LogP contribution in [0, 0.1) is 0 Å². The van der Waals surface area contributed by atoms with Gasteiger partial charge in [-0.25, -0.2) is 0 Å². The number of hydrogen-bond donors (Lipinski definition) is 2. The van der Waals surface area contributed by atoms with Gasteiger partial charge in [0.15, 0.2) is 5.11 Å². The van der Waals surface area contributed by atoms with Crippen LogP contribution in [0.2, 0.25) is 5.02 Å². The maximum atomic E-state index is 5.89. The third-order valence-electron chi connectivity index (χ3n) is 2.60. The zero-order valence-electron chi connectivity index (χ0n) is 9.41. The standard InChI is InChI=1S/C12H15ClN2OS/c13-9-3-1-4-10(7-9)15-12(17)14-8-11-5-2-6-16-11/h1,3-4,7,11H,2,5-6,8H2,(H2,14,15,17)/t11-/m0/s1. The Hall–Kier alpha value is -0.840. The second kappa shape index (κ2) is 6.19. The van der Waals surface area contributed by atoms with Gasteiger partial charge in [0.2, 0.25) is 0 Å². The van der Waals surface area contributed by atoms with Crippen molar-refractivity contribution in [1.82, 2.24) is 5.32 Å². The molecule has 1 heterocycles. The number of benzene rings is 1. The highest BCUT2D eigenvalue weighted by molar-refractivity contribution is 7.80. The van der Waals surface area contributed by atoms with Crippen molar-refractivity contribution in [1.29, 1.82) is 0 Å². The zero-order chi connectivity index (χ0) is 12.1. The van der Waals surface area contributed by atoms with Gasteiger partial charge in [0.25, 0.3) is 0 Å². The Morgan fingerprint density at radius 3 is 3.12 bits per heavy atom. The van der Waals surface area contributed by atoms with Gasteiger partial charge in [-0.3, -0.25) is 0 Å². The van der Waals surface area contributed by atoms with E-state index in [4.69, 9.17) is 28.6 Å². The smallest absolute Gasteiger partial charge is 0.170 e. The topological polar surface area (TPSA) is 33.3 Å². The van der Waals surface area contributed by atoms with Crippen LogP contribution < -0.4 is 10.6 Å². The molecule has 1 fully saturated rings. The van der Waals surface area contributed by atoms with Crippen LogP contribution in [0.5, 0.6) is 0 Å². The summed E-state index contributed by atoms with van der Waals surface area (Å²) in [6.07, 6.45) is 2.53. The summed E-state index contributed by atoms with van der Waals surface area (Å²) in [7, 11) is 0. The summed E-state index contributed by atoms with van der Waals surface area (Å²) < 4.78 is 5.50. The average Bonchev–Trinajstić information content (AvgIpc) is 2.79. The molecule has 0 unspecified atom stereocenters. The number of thiocarbonyl (C=S) groups is 1. The van der Waals surface area contributed by atoms with Crippen molar-refractivity contribution in [2.75, 3.05) is 18.5 Å². The molecule has 1 aliphatic heterocycles. The van der Waals surface area contributed by atoms with Crippen LogP contribution in [0.1, 0.15) is 12.8 Å². The Morgan fingerprint density at radius 2 is 2.41 bits per heavy atom. The Morgan fingerprint density at radius 1 is 1.53 bits per heavy atom. The number of hydrogen-bond acceptors (Lipinski definition) is 2. The van der Waals surface area contributed by atoms with Crippen LogP contribution in [0.3, 0.4) is 0 Å². The molecule has 1 saturated heterocycles. The lowest BCUT2D eigenvalue weighted by Crippen LogP contribution is -2.34. The molecule has 92 valence electrons. The quantitative estimate of drug-likeness (QED) is 0.828. The molecule has 0 aromatic heterocycles. The Balaban J connectivity index is 1.76. The van der Waals surface area contributed by atoms with Crippen LogP contribution in [0.15, 0.2) is 24.3 Å². The number of anilines is 1. The molecule has 0 saturated carbocycles. The monoisotopic (exact) mass is 270 g/mol. The zero-order valence-corrected chi connectivity index (χ0v) is 11.0. The molecule has 1 aromatic carbocycles. The summed E-state index contributed by atoms with van der Waals surface area (Å²) in [5.74, 6) is 0. The van der Waals surface area contributed by atoms with Gasteiger partial charge in [0, 0.05) is 23.9 Å². The van der Waals surface area contributed by atoms with Crippen LogP contribution in [-0.2, 0) is 4.74 Å². The SMILES string of the molecule is S=C(NC[C@@H]1CCCO1)Nc1cccc(Cl)c1. The molecule has 1 atom stereocenters. The molecule has 0 spiro atoms. The normalized spacial score (nSPS) is 19.0. The van der Waals surface area contributed by atoms with Crippen molar-refractivity contribution >= 4 is 34.6 Å². The van der Waals surface area contributed by atoms with Crippen LogP contribution in [0.4, 0.5) is 5.69 Å². The molecule has 0 aliphatic carbocycles. The molecule has 17 heavy (non-hydrogen) atoms. The fourth-order valence-electron chi connectivity index (χ4n) is 1.75. The number of ether oxygens (including phenoxy) is 1. The lowest BCUT2D eigenvalue weighted by molar-refractivity contribution is 0.114. The molecule has 1 aliphatic rings. The highest BCUT2D eigenvalue weighted by Crippen LogP contribution is 2.15. The molecular weight excluding hydrogens is 256 g/mol. The van der Waals surface area contributed by atoms with E-state index in [0.29, 0.717) is 10.1 Å². The number of halogens is 1. The Bertz CT molecular complexity index is 394. The van der Waals surface area contributed by atoms with E-state index in [9.17, 15) is 0 Å². The summed E-state index contributed by atoms with van der Waals surface area (Å²) in [4.78, 5) is 0. The van der Waals surface area contributed by atoms with Gasteiger partial charge in [0.1, 0.15) is 0 Å². The van der Waals surface area contributed by atoms with Crippen molar-refractivity contribution in [2.45, 2.75) is 18.9 Å². The van der Waals surface area contributed by atoms with Crippen molar-refractivity contribution in [2.24, 2.45) is 0 Å². The van der Waals surface area contributed by atoms with Crippen LogP contribution in [0.25, 0.3) is 0 Å². The van der Waals surface area contributed by atoms with E-state index in [0.717, 1.165) is 31.7 Å². The first kappa shape index (κ1) is 12.6. The largest absolute Gasteiger partial charge is 0.376 e. The van der Waals surface area contributed by atoms with Crippen molar-refractivity contribution < 1.29 is 4.74 Å². The molecule has 0 amide bonds. The molecule has 5 heteroatoms. The van der Waals surface area contributed by atoms with Crippen molar-refractivity contribution in [3.63, 3.8) is 0 Å². The maximum Gasteiger partial charge on any atom is 0.170 e. The molecule has 0 bridgehead atoms. The first-order chi connectivity index (χ1) is 8.24. The lowest BCUT2D eigenvalue weighted by Gasteiger charge is -2.14. The van der Waals surface area contributed by atoms with E-state index in [2.05, 4.69) is 10.6 Å². The summed E-state index contributed by atoms with van der Waals surface area (Å²) >= 11 is 11.1. The molecule has 2 N–H and O–H groups in total.